The molecule has 0 bridgehead atoms. The zero-order valence-electron chi connectivity index (χ0n) is 18.1. The van der Waals surface area contributed by atoms with Crippen LogP contribution < -0.4 is 5.73 Å². The summed E-state index contributed by atoms with van der Waals surface area (Å²) in [5.74, 6) is 0.271. The molecular formula is C25H22N6OS. The minimum atomic E-state index is 0.271. The lowest BCUT2D eigenvalue weighted by Crippen LogP contribution is -2.01. The first-order valence-electron chi connectivity index (χ1n) is 10.8. The molecule has 0 aliphatic carbocycles. The van der Waals surface area contributed by atoms with Gasteiger partial charge < -0.3 is 15.0 Å². The highest BCUT2D eigenvalue weighted by atomic mass is 32.1. The van der Waals surface area contributed by atoms with Crippen LogP contribution in [-0.2, 0) is 11.3 Å². The largest absolute Gasteiger partial charge is 0.385 e. The van der Waals surface area contributed by atoms with E-state index in [1.807, 2.05) is 6.20 Å². The van der Waals surface area contributed by atoms with Gasteiger partial charge in [0, 0.05) is 52.5 Å². The van der Waals surface area contributed by atoms with E-state index in [9.17, 15) is 0 Å². The summed E-state index contributed by atoms with van der Waals surface area (Å²) < 4.78 is 8.69. The first kappa shape index (κ1) is 19.9. The Hall–Kier alpha value is -3.75. The summed E-state index contributed by atoms with van der Waals surface area (Å²) >= 11 is 1.78. The van der Waals surface area contributed by atoms with Crippen LogP contribution in [0.5, 0.6) is 0 Å². The SMILES string of the molecule is COCCCn1cc(-c2cc(-c3cc4ccccc4s3)c3[nH]ncc3c2)c2nc(N)ncc21. The average molecular weight is 455 g/mol. The second-order valence-electron chi connectivity index (χ2n) is 8.05. The Labute approximate surface area is 193 Å². The van der Waals surface area contributed by atoms with Gasteiger partial charge >= 0.3 is 0 Å². The fourth-order valence-electron chi connectivity index (χ4n) is 4.38. The molecule has 0 saturated carbocycles. The first-order chi connectivity index (χ1) is 16.2. The molecule has 6 rings (SSSR count). The molecule has 0 amide bonds. The molecular weight excluding hydrogens is 432 g/mol. The predicted octanol–water partition coefficient (Wildman–Crippen LogP) is 5.48. The summed E-state index contributed by atoms with van der Waals surface area (Å²) in [6.45, 7) is 1.51. The Morgan fingerprint density at radius 1 is 1.09 bits per heavy atom. The Balaban J connectivity index is 1.55. The number of aromatic amines is 1. The molecule has 0 fully saturated rings. The molecule has 7 nitrogen and oxygen atoms in total. The standard InChI is InChI=1S/C25H22N6OS/c1-32-8-4-7-31-14-19(24-20(31)13-27-25(26)29-24)16-9-17-12-28-30-23(17)18(10-16)22-11-15-5-2-3-6-21(15)33-22/h2-3,5-6,9-14H,4,7-8H2,1H3,(H,28,30)(H2,26,27,29). The molecule has 4 heterocycles. The number of H-pyrrole nitrogens is 1. The van der Waals surface area contributed by atoms with Crippen molar-refractivity contribution in [2.45, 2.75) is 13.0 Å². The maximum Gasteiger partial charge on any atom is 0.220 e. The number of benzene rings is 2. The Morgan fingerprint density at radius 2 is 2.00 bits per heavy atom. The van der Waals surface area contributed by atoms with E-state index in [0.29, 0.717) is 6.61 Å². The summed E-state index contributed by atoms with van der Waals surface area (Å²) in [6, 6.07) is 15.1. The smallest absolute Gasteiger partial charge is 0.220 e. The van der Waals surface area contributed by atoms with Crippen molar-refractivity contribution < 1.29 is 4.74 Å². The van der Waals surface area contributed by atoms with Crippen molar-refractivity contribution in [3.63, 3.8) is 0 Å². The minimum absolute atomic E-state index is 0.271. The molecule has 0 aliphatic rings. The van der Waals surface area contributed by atoms with Gasteiger partial charge in [-0.3, -0.25) is 5.10 Å². The number of nitrogens with two attached hydrogens (primary N) is 1. The molecule has 0 saturated heterocycles. The monoisotopic (exact) mass is 454 g/mol. The van der Waals surface area contributed by atoms with Gasteiger partial charge in [-0.2, -0.15) is 5.10 Å². The van der Waals surface area contributed by atoms with Crippen molar-refractivity contribution in [3.05, 3.63) is 61.1 Å². The van der Waals surface area contributed by atoms with E-state index in [2.05, 4.69) is 73.4 Å². The van der Waals surface area contributed by atoms with Crippen molar-refractivity contribution in [1.29, 1.82) is 0 Å². The normalized spacial score (nSPS) is 11.8. The topological polar surface area (TPSA) is 94.6 Å². The number of hydrogen-bond donors (Lipinski definition) is 2. The number of aromatic nitrogens is 5. The van der Waals surface area contributed by atoms with Crippen molar-refractivity contribution in [3.8, 4) is 21.6 Å². The summed E-state index contributed by atoms with van der Waals surface area (Å²) in [6.07, 6.45) is 6.72. The van der Waals surface area contributed by atoms with E-state index in [1.165, 1.54) is 15.0 Å². The number of methoxy groups -OCH3 is 1. The second-order valence-corrected chi connectivity index (χ2v) is 9.13. The molecule has 0 aliphatic heterocycles. The van der Waals surface area contributed by atoms with Gasteiger partial charge in [0.25, 0.3) is 0 Å². The quantitative estimate of drug-likeness (QED) is 0.325. The highest BCUT2D eigenvalue weighted by molar-refractivity contribution is 7.22. The highest BCUT2D eigenvalue weighted by Gasteiger charge is 2.17. The number of nitrogens with zero attached hydrogens (tertiary/aromatic N) is 4. The molecule has 0 spiro atoms. The molecule has 3 N–H and O–H groups in total. The lowest BCUT2D eigenvalue weighted by atomic mass is 10.0. The van der Waals surface area contributed by atoms with Gasteiger partial charge in [0.05, 0.1) is 23.4 Å². The fraction of sp³-hybridized carbons (Fsp3) is 0.160. The van der Waals surface area contributed by atoms with Crippen molar-refractivity contribution in [1.82, 2.24) is 24.7 Å². The molecule has 8 heteroatoms. The Bertz CT molecular complexity index is 1580. The number of nitrogen functional groups attached to an aromatic ring is 1. The molecule has 0 atom stereocenters. The van der Waals surface area contributed by atoms with Crippen LogP contribution in [0.2, 0.25) is 0 Å². The van der Waals surface area contributed by atoms with Crippen molar-refractivity contribution >= 4 is 49.3 Å². The first-order valence-corrected chi connectivity index (χ1v) is 11.6. The number of thiophene rings is 1. The average Bonchev–Trinajstić information content (AvgIpc) is 3.55. The third-order valence-corrected chi connectivity index (χ3v) is 7.09. The molecule has 0 unspecified atom stereocenters. The van der Waals surface area contributed by atoms with Crippen LogP contribution in [-0.4, -0.2) is 38.4 Å². The van der Waals surface area contributed by atoms with Crippen molar-refractivity contribution in [2.24, 2.45) is 0 Å². The number of rotatable bonds is 6. The summed E-state index contributed by atoms with van der Waals surface area (Å²) in [5, 5.41) is 9.81. The third-order valence-electron chi connectivity index (χ3n) is 5.94. The Kier molecular flexibility index (Phi) is 4.82. The summed E-state index contributed by atoms with van der Waals surface area (Å²) in [5.41, 5.74) is 12.1. The van der Waals surface area contributed by atoms with E-state index in [4.69, 9.17) is 10.5 Å². The third kappa shape index (κ3) is 3.44. The van der Waals surface area contributed by atoms with E-state index >= 15 is 0 Å². The van der Waals surface area contributed by atoms with Crippen LogP contribution in [0, 0.1) is 0 Å². The minimum Gasteiger partial charge on any atom is -0.385 e. The fourth-order valence-corrected chi connectivity index (χ4v) is 5.47. The van der Waals surface area contributed by atoms with E-state index in [0.717, 1.165) is 51.6 Å². The van der Waals surface area contributed by atoms with E-state index < -0.39 is 0 Å². The van der Waals surface area contributed by atoms with Gasteiger partial charge in [0.2, 0.25) is 5.95 Å². The number of aryl methyl sites for hydroxylation is 1. The predicted molar refractivity (Wildman–Crippen MR) is 134 cm³/mol. The molecule has 164 valence electrons. The molecule has 2 aromatic carbocycles. The van der Waals surface area contributed by atoms with Crippen LogP contribution in [0.3, 0.4) is 0 Å². The highest BCUT2D eigenvalue weighted by Crippen LogP contribution is 2.40. The van der Waals surface area contributed by atoms with Crippen LogP contribution >= 0.6 is 11.3 Å². The van der Waals surface area contributed by atoms with Gasteiger partial charge in [-0.1, -0.05) is 18.2 Å². The molecule has 4 aromatic heterocycles. The lowest BCUT2D eigenvalue weighted by molar-refractivity contribution is 0.190. The van der Waals surface area contributed by atoms with Crippen LogP contribution in [0.15, 0.2) is 61.1 Å². The number of fused-ring (bicyclic) bond motifs is 3. The second kappa shape index (κ2) is 7.99. The van der Waals surface area contributed by atoms with Gasteiger partial charge in [-0.05, 0) is 41.6 Å². The maximum atomic E-state index is 5.97. The number of nitrogens with one attached hydrogen (secondary N) is 1. The van der Waals surface area contributed by atoms with Crippen molar-refractivity contribution in [2.75, 3.05) is 19.5 Å². The molecule has 33 heavy (non-hydrogen) atoms. The Morgan fingerprint density at radius 3 is 2.88 bits per heavy atom. The van der Waals surface area contributed by atoms with Crippen LogP contribution in [0.4, 0.5) is 5.95 Å². The van der Waals surface area contributed by atoms with Gasteiger partial charge in [0.15, 0.2) is 0 Å². The van der Waals surface area contributed by atoms with E-state index in [-0.39, 0.29) is 5.95 Å². The number of hydrogen-bond acceptors (Lipinski definition) is 6. The van der Waals surface area contributed by atoms with E-state index in [1.54, 1.807) is 24.6 Å². The van der Waals surface area contributed by atoms with Gasteiger partial charge in [-0.25, -0.2) is 9.97 Å². The lowest BCUT2D eigenvalue weighted by Gasteiger charge is -2.06. The number of anilines is 1. The van der Waals surface area contributed by atoms with Crippen LogP contribution in [0.1, 0.15) is 6.42 Å². The maximum absolute atomic E-state index is 5.97. The van der Waals surface area contributed by atoms with Gasteiger partial charge in [0.1, 0.15) is 5.52 Å². The molecule has 0 radical (unpaired) electrons. The molecule has 6 aromatic rings. The summed E-state index contributed by atoms with van der Waals surface area (Å²) in [7, 11) is 1.72. The zero-order chi connectivity index (χ0) is 22.4. The zero-order valence-corrected chi connectivity index (χ0v) is 18.9. The number of ether oxygens (including phenoxy) is 1. The van der Waals surface area contributed by atoms with Gasteiger partial charge in [-0.15, -0.1) is 11.3 Å². The summed E-state index contributed by atoms with van der Waals surface area (Å²) in [4.78, 5) is 10.0. The van der Waals surface area contributed by atoms with Crippen LogP contribution in [0.25, 0.3) is 53.6 Å².